The van der Waals surface area contributed by atoms with Gasteiger partial charge in [0.1, 0.15) is 4.21 Å². The van der Waals surface area contributed by atoms with Gasteiger partial charge in [0.05, 0.1) is 6.10 Å². The van der Waals surface area contributed by atoms with E-state index in [1.807, 2.05) is 30.3 Å². The highest BCUT2D eigenvalue weighted by molar-refractivity contribution is 7.94. The molecule has 2 aromatic carbocycles. The van der Waals surface area contributed by atoms with E-state index in [4.69, 9.17) is 4.74 Å². The van der Waals surface area contributed by atoms with Gasteiger partial charge in [0.2, 0.25) is 0 Å². The highest BCUT2D eigenvalue weighted by atomic mass is 32.2. The maximum atomic E-state index is 13.3. The average molecular weight is 457 g/mol. The molecule has 1 aliphatic heterocycles. The van der Waals surface area contributed by atoms with Gasteiger partial charge < -0.3 is 9.64 Å². The summed E-state index contributed by atoms with van der Waals surface area (Å²) in [6, 6.07) is 19.6. The molecule has 1 aliphatic rings. The monoisotopic (exact) mass is 456 g/mol. The number of benzene rings is 2. The van der Waals surface area contributed by atoms with E-state index in [2.05, 4.69) is 4.72 Å². The van der Waals surface area contributed by atoms with Gasteiger partial charge in [0.15, 0.2) is 0 Å². The molecule has 1 atom stereocenters. The zero-order valence-corrected chi connectivity index (χ0v) is 18.6. The maximum Gasteiger partial charge on any atom is 0.271 e. The number of carbonyl (C=O) groups is 1. The fraction of sp³-hybridized carbons (Fsp3) is 0.261. The van der Waals surface area contributed by atoms with E-state index in [0.717, 1.165) is 36.3 Å². The molecule has 4 rings (SSSR count). The SMILES string of the molecule is O=C(c1ccc(NS(=O)(=O)c2cccs2)cc1)N(Cc1ccccc1)CC1CCCO1. The van der Waals surface area contributed by atoms with E-state index in [1.54, 1.807) is 46.7 Å². The summed E-state index contributed by atoms with van der Waals surface area (Å²) in [5, 5.41) is 1.71. The van der Waals surface area contributed by atoms with Crippen LogP contribution in [0.3, 0.4) is 0 Å². The zero-order chi connectivity index (χ0) is 21.7. The van der Waals surface area contributed by atoms with Crippen LogP contribution in [0.25, 0.3) is 0 Å². The predicted molar refractivity (Wildman–Crippen MR) is 122 cm³/mol. The van der Waals surface area contributed by atoms with E-state index >= 15 is 0 Å². The molecule has 1 saturated heterocycles. The molecule has 31 heavy (non-hydrogen) atoms. The summed E-state index contributed by atoms with van der Waals surface area (Å²) in [5.74, 6) is -0.105. The summed E-state index contributed by atoms with van der Waals surface area (Å²) in [7, 11) is -3.62. The molecular weight excluding hydrogens is 432 g/mol. The quantitative estimate of drug-likeness (QED) is 0.546. The number of rotatable bonds is 8. The number of carbonyl (C=O) groups excluding carboxylic acids is 1. The molecule has 0 spiro atoms. The molecule has 1 unspecified atom stereocenters. The molecule has 0 bridgehead atoms. The van der Waals surface area contributed by atoms with Crippen LogP contribution >= 0.6 is 11.3 Å². The molecule has 3 aromatic rings. The van der Waals surface area contributed by atoms with Gasteiger partial charge in [-0.3, -0.25) is 9.52 Å². The van der Waals surface area contributed by atoms with Crippen LogP contribution in [0.15, 0.2) is 76.3 Å². The number of hydrogen-bond donors (Lipinski definition) is 1. The number of amides is 1. The molecular formula is C23H24N2O4S2. The zero-order valence-electron chi connectivity index (χ0n) is 16.9. The Morgan fingerprint density at radius 1 is 1.06 bits per heavy atom. The van der Waals surface area contributed by atoms with E-state index in [9.17, 15) is 13.2 Å². The van der Waals surface area contributed by atoms with Crippen LogP contribution in [0, 0.1) is 0 Å². The molecule has 162 valence electrons. The van der Waals surface area contributed by atoms with E-state index in [-0.39, 0.29) is 16.2 Å². The van der Waals surface area contributed by atoms with Crippen molar-refractivity contribution < 1.29 is 17.9 Å². The number of hydrogen-bond acceptors (Lipinski definition) is 5. The smallest absolute Gasteiger partial charge is 0.271 e. The van der Waals surface area contributed by atoms with Crippen molar-refractivity contribution in [3.8, 4) is 0 Å². The number of nitrogens with zero attached hydrogens (tertiary/aromatic N) is 1. The first kappa shape index (κ1) is 21.5. The summed E-state index contributed by atoms with van der Waals surface area (Å²) in [4.78, 5) is 15.1. The van der Waals surface area contributed by atoms with Crippen LogP contribution < -0.4 is 4.72 Å². The summed E-state index contributed by atoms with van der Waals surface area (Å²) >= 11 is 1.15. The number of ether oxygens (including phenoxy) is 1. The van der Waals surface area contributed by atoms with Crippen molar-refractivity contribution in [2.75, 3.05) is 17.9 Å². The van der Waals surface area contributed by atoms with Crippen molar-refractivity contribution in [3.05, 3.63) is 83.2 Å². The Labute approximate surface area is 186 Å². The minimum Gasteiger partial charge on any atom is -0.376 e. The van der Waals surface area contributed by atoms with E-state index in [0.29, 0.717) is 24.3 Å². The van der Waals surface area contributed by atoms with Crippen LogP contribution in [0.2, 0.25) is 0 Å². The van der Waals surface area contributed by atoms with Crippen LogP contribution in [0.4, 0.5) is 5.69 Å². The van der Waals surface area contributed by atoms with Crippen molar-refractivity contribution in [2.45, 2.75) is 29.7 Å². The van der Waals surface area contributed by atoms with Gasteiger partial charge in [-0.25, -0.2) is 8.42 Å². The van der Waals surface area contributed by atoms with Crippen molar-refractivity contribution in [3.63, 3.8) is 0 Å². The molecule has 1 fully saturated rings. The first-order valence-electron chi connectivity index (χ1n) is 10.1. The summed E-state index contributed by atoms with van der Waals surface area (Å²) < 4.78 is 33.3. The Hall–Kier alpha value is -2.68. The molecule has 0 radical (unpaired) electrons. The predicted octanol–water partition coefficient (Wildman–Crippen LogP) is 4.37. The molecule has 0 aliphatic carbocycles. The van der Waals surface area contributed by atoms with Gasteiger partial charge in [-0.2, -0.15) is 0 Å². The van der Waals surface area contributed by atoms with Crippen LogP contribution in [-0.2, 0) is 21.3 Å². The fourth-order valence-electron chi connectivity index (χ4n) is 3.54. The van der Waals surface area contributed by atoms with Gasteiger partial charge in [-0.15, -0.1) is 11.3 Å². The van der Waals surface area contributed by atoms with Gasteiger partial charge in [-0.1, -0.05) is 36.4 Å². The topological polar surface area (TPSA) is 75.7 Å². The van der Waals surface area contributed by atoms with Crippen LogP contribution in [0.1, 0.15) is 28.8 Å². The Kier molecular flexibility index (Phi) is 6.70. The van der Waals surface area contributed by atoms with Gasteiger partial charge in [-0.05, 0) is 54.1 Å². The van der Waals surface area contributed by atoms with Crippen molar-refractivity contribution in [2.24, 2.45) is 0 Å². The fourth-order valence-corrected chi connectivity index (χ4v) is 5.59. The lowest BCUT2D eigenvalue weighted by atomic mass is 10.1. The minimum atomic E-state index is -3.62. The highest BCUT2D eigenvalue weighted by Crippen LogP contribution is 2.22. The lowest BCUT2D eigenvalue weighted by molar-refractivity contribution is 0.0507. The van der Waals surface area contributed by atoms with Gasteiger partial charge >= 0.3 is 0 Å². The largest absolute Gasteiger partial charge is 0.376 e. The normalized spacial score (nSPS) is 16.2. The maximum absolute atomic E-state index is 13.3. The van der Waals surface area contributed by atoms with E-state index < -0.39 is 10.0 Å². The molecule has 2 heterocycles. The molecule has 1 amide bonds. The first-order valence-corrected chi connectivity index (χ1v) is 12.5. The van der Waals surface area contributed by atoms with Crippen LogP contribution in [0.5, 0.6) is 0 Å². The third-order valence-corrected chi connectivity index (χ3v) is 7.87. The molecule has 6 nitrogen and oxygen atoms in total. The summed E-state index contributed by atoms with van der Waals surface area (Å²) in [6.07, 6.45) is 2.00. The number of nitrogens with one attached hydrogen (secondary N) is 1. The number of anilines is 1. The minimum absolute atomic E-state index is 0.0459. The Bertz CT molecular complexity index is 1090. The Balaban J connectivity index is 1.49. The molecule has 8 heteroatoms. The molecule has 1 aromatic heterocycles. The number of sulfonamides is 1. The molecule has 0 saturated carbocycles. The Morgan fingerprint density at radius 3 is 2.48 bits per heavy atom. The lowest BCUT2D eigenvalue weighted by Gasteiger charge is -2.26. The number of thiophene rings is 1. The van der Waals surface area contributed by atoms with Crippen molar-refractivity contribution in [1.82, 2.24) is 4.90 Å². The van der Waals surface area contributed by atoms with Crippen molar-refractivity contribution in [1.29, 1.82) is 0 Å². The first-order chi connectivity index (χ1) is 15.0. The third-order valence-electron chi connectivity index (χ3n) is 5.10. The summed E-state index contributed by atoms with van der Waals surface area (Å²) in [6.45, 7) is 1.75. The Morgan fingerprint density at radius 2 is 1.84 bits per heavy atom. The standard InChI is InChI=1S/C23H24N2O4S2/c26-23(25(17-21-8-4-14-29-21)16-18-6-2-1-3-7-18)19-10-12-20(13-11-19)24-31(27,28)22-9-5-15-30-22/h1-3,5-7,9-13,15,21,24H,4,8,14,16-17H2. The second-order valence-corrected chi connectivity index (χ2v) is 10.3. The lowest BCUT2D eigenvalue weighted by Crippen LogP contribution is -2.37. The summed E-state index contributed by atoms with van der Waals surface area (Å²) in [5.41, 5.74) is 1.97. The van der Waals surface area contributed by atoms with Crippen molar-refractivity contribution >= 4 is 33.0 Å². The third kappa shape index (κ3) is 5.52. The highest BCUT2D eigenvalue weighted by Gasteiger charge is 2.24. The second-order valence-electron chi connectivity index (χ2n) is 7.42. The average Bonchev–Trinajstić information content (AvgIpc) is 3.49. The van der Waals surface area contributed by atoms with Crippen LogP contribution in [-0.4, -0.2) is 38.5 Å². The van der Waals surface area contributed by atoms with Gasteiger partial charge in [0, 0.05) is 30.9 Å². The van der Waals surface area contributed by atoms with Gasteiger partial charge in [0.25, 0.3) is 15.9 Å². The molecule has 1 N–H and O–H groups in total. The second kappa shape index (κ2) is 9.64. The van der Waals surface area contributed by atoms with E-state index in [1.165, 1.54) is 0 Å².